The molecule has 3 rings (SSSR count). The van der Waals surface area contributed by atoms with E-state index < -0.39 is 11.7 Å². The van der Waals surface area contributed by atoms with Gasteiger partial charge < -0.3 is 16.2 Å². The molecule has 3 aromatic rings. The summed E-state index contributed by atoms with van der Waals surface area (Å²) >= 11 is 0. The topological polar surface area (TPSA) is 121 Å². The molecule has 2 aromatic carbocycles. The average molecular weight is 366 g/mol. The fraction of sp³-hybridized carbons (Fsp3) is 0.0526. The van der Waals surface area contributed by atoms with Crippen LogP contribution in [0, 0.1) is 10.7 Å². The van der Waals surface area contributed by atoms with Crippen molar-refractivity contribution in [3.63, 3.8) is 0 Å². The number of nitrogens with zero attached hydrogens (tertiary/aromatic N) is 2. The third-order valence-electron chi connectivity index (χ3n) is 3.80. The molecule has 1 aromatic heterocycles. The first kappa shape index (κ1) is 18.0. The summed E-state index contributed by atoms with van der Waals surface area (Å²) in [4.78, 5) is 25.6. The first-order valence-corrected chi connectivity index (χ1v) is 7.91. The summed E-state index contributed by atoms with van der Waals surface area (Å²) in [5.74, 6) is -0.765. The van der Waals surface area contributed by atoms with Gasteiger partial charge in [-0.25, -0.2) is 9.37 Å². The quantitative estimate of drug-likeness (QED) is 0.645. The van der Waals surface area contributed by atoms with E-state index in [0.717, 1.165) is 11.6 Å². The van der Waals surface area contributed by atoms with Crippen LogP contribution in [0.15, 0.2) is 59.9 Å². The van der Waals surface area contributed by atoms with Crippen LogP contribution in [0.3, 0.4) is 0 Å². The molecule has 136 valence electrons. The minimum atomic E-state index is -0.731. The van der Waals surface area contributed by atoms with E-state index in [1.165, 1.54) is 18.3 Å². The number of ether oxygens (including phenoxy) is 1. The Hall–Kier alpha value is -3.81. The molecule has 4 N–H and O–H groups in total. The highest BCUT2D eigenvalue weighted by molar-refractivity contribution is 5.81. The Morgan fingerprint density at radius 3 is 2.48 bits per heavy atom. The number of nitrogens with two attached hydrogens (primary N) is 2. The second-order valence-electron chi connectivity index (χ2n) is 5.72. The summed E-state index contributed by atoms with van der Waals surface area (Å²) in [6, 6.07) is 12.1. The Bertz CT molecular complexity index is 1010. The maximum atomic E-state index is 14.1. The summed E-state index contributed by atoms with van der Waals surface area (Å²) in [6.45, 7) is 0. The predicted molar refractivity (Wildman–Crippen MR) is 98.9 cm³/mol. The number of carbonyl (C=O) groups is 1. The molecule has 1 amide bonds. The van der Waals surface area contributed by atoms with Crippen LogP contribution in [0.2, 0.25) is 0 Å². The zero-order valence-corrected chi connectivity index (χ0v) is 14.1. The number of amides is 1. The van der Waals surface area contributed by atoms with Crippen LogP contribution in [0.1, 0.15) is 5.56 Å². The minimum absolute atomic E-state index is 0.0423. The maximum absolute atomic E-state index is 14.1. The van der Waals surface area contributed by atoms with E-state index in [1.54, 1.807) is 30.3 Å². The maximum Gasteiger partial charge on any atom is 0.221 e. The van der Waals surface area contributed by atoms with Crippen molar-refractivity contribution in [1.82, 2.24) is 4.98 Å². The van der Waals surface area contributed by atoms with Crippen LogP contribution >= 0.6 is 0 Å². The van der Waals surface area contributed by atoms with Crippen LogP contribution in [0.5, 0.6) is 11.5 Å². The number of anilines is 1. The van der Waals surface area contributed by atoms with Gasteiger partial charge in [0, 0.05) is 12.3 Å². The molecular weight excluding hydrogens is 351 g/mol. The Morgan fingerprint density at radius 2 is 1.85 bits per heavy atom. The lowest BCUT2D eigenvalue weighted by molar-refractivity contribution is -0.117. The number of rotatable bonds is 6. The van der Waals surface area contributed by atoms with Gasteiger partial charge in [-0.1, -0.05) is 24.3 Å². The van der Waals surface area contributed by atoms with E-state index in [0.29, 0.717) is 11.1 Å². The second kappa shape index (κ2) is 7.61. The van der Waals surface area contributed by atoms with Gasteiger partial charge in [-0.3, -0.25) is 4.79 Å². The van der Waals surface area contributed by atoms with Crippen molar-refractivity contribution in [3.05, 3.63) is 71.0 Å². The molecule has 0 unspecified atom stereocenters. The van der Waals surface area contributed by atoms with Crippen molar-refractivity contribution in [3.8, 4) is 22.6 Å². The molecule has 0 aliphatic heterocycles. The van der Waals surface area contributed by atoms with E-state index in [4.69, 9.17) is 16.2 Å². The van der Waals surface area contributed by atoms with E-state index in [1.807, 2.05) is 0 Å². The molecular formula is C19H15FN4O3. The first-order valence-electron chi connectivity index (χ1n) is 7.91. The second-order valence-corrected chi connectivity index (χ2v) is 5.72. The summed E-state index contributed by atoms with van der Waals surface area (Å²) in [6.07, 6.45) is 1.56. The molecule has 0 radical (unpaired) electrons. The first-order chi connectivity index (χ1) is 13.0. The summed E-state index contributed by atoms with van der Waals surface area (Å²) in [5.41, 5.74) is 13.0. The van der Waals surface area contributed by atoms with Gasteiger partial charge in [-0.2, -0.15) is 0 Å². The summed E-state index contributed by atoms with van der Waals surface area (Å²) < 4.78 is 19.8. The standard InChI is InChI=1S/C19H15FN4O3/c20-14-10-13(24-26)5-6-15(14)27-16-7-8-23-19(22)18(16)12-3-1-11(2-4-12)9-17(21)25/h1-8,10H,9H2,(H2,21,25)(H2,22,23). The van der Waals surface area contributed by atoms with Gasteiger partial charge in [-0.15, -0.1) is 4.91 Å². The fourth-order valence-electron chi connectivity index (χ4n) is 2.57. The number of hydrogen-bond donors (Lipinski definition) is 2. The highest BCUT2D eigenvalue weighted by Crippen LogP contribution is 2.37. The number of halogens is 1. The lowest BCUT2D eigenvalue weighted by Gasteiger charge is -2.14. The lowest BCUT2D eigenvalue weighted by atomic mass is 10.0. The van der Waals surface area contributed by atoms with Crippen LogP contribution in [-0.2, 0) is 11.2 Å². The Morgan fingerprint density at radius 1 is 1.11 bits per heavy atom. The number of benzene rings is 2. The van der Waals surface area contributed by atoms with E-state index in [2.05, 4.69) is 10.2 Å². The molecule has 0 bridgehead atoms. The van der Waals surface area contributed by atoms with Crippen molar-refractivity contribution < 1.29 is 13.9 Å². The number of primary amides is 1. The average Bonchev–Trinajstić information content (AvgIpc) is 2.64. The molecule has 0 aliphatic rings. The molecule has 0 aliphatic carbocycles. The minimum Gasteiger partial charge on any atom is -0.453 e. The number of nitrogen functional groups attached to an aromatic ring is 1. The molecule has 0 saturated carbocycles. The zero-order valence-electron chi connectivity index (χ0n) is 14.1. The van der Waals surface area contributed by atoms with Crippen LogP contribution in [0.25, 0.3) is 11.1 Å². The van der Waals surface area contributed by atoms with Crippen molar-refractivity contribution in [2.75, 3.05) is 5.73 Å². The highest BCUT2D eigenvalue weighted by atomic mass is 19.1. The van der Waals surface area contributed by atoms with Crippen LogP contribution in [0.4, 0.5) is 15.9 Å². The van der Waals surface area contributed by atoms with Gasteiger partial charge in [0.1, 0.15) is 17.3 Å². The molecule has 1 heterocycles. The normalized spacial score (nSPS) is 10.4. The smallest absolute Gasteiger partial charge is 0.221 e. The van der Waals surface area contributed by atoms with Gasteiger partial charge in [0.05, 0.1) is 12.0 Å². The monoisotopic (exact) mass is 366 g/mol. The van der Waals surface area contributed by atoms with Gasteiger partial charge in [-0.05, 0) is 34.5 Å². The molecule has 0 saturated heterocycles. The number of carbonyl (C=O) groups excluding carboxylic acids is 1. The largest absolute Gasteiger partial charge is 0.453 e. The van der Waals surface area contributed by atoms with E-state index in [9.17, 15) is 14.1 Å². The van der Waals surface area contributed by atoms with Gasteiger partial charge in [0.15, 0.2) is 11.6 Å². The van der Waals surface area contributed by atoms with E-state index >= 15 is 0 Å². The summed E-state index contributed by atoms with van der Waals surface area (Å²) in [5, 5.41) is 2.68. The molecule has 0 atom stereocenters. The number of aromatic nitrogens is 1. The molecule has 27 heavy (non-hydrogen) atoms. The highest BCUT2D eigenvalue weighted by Gasteiger charge is 2.15. The van der Waals surface area contributed by atoms with Gasteiger partial charge >= 0.3 is 0 Å². The molecule has 0 fully saturated rings. The fourth-order valence-corrected chi connectivity index (χ4v) is 2.57. The Labute approximate surface area is 153 Å². The number of nitroso groups, excluding NO2 is 1. The summed E-state index contributed by atoms with van der Waals surface area (Å²) in [7, 11) is 0. The van der Waals surface area contributed by atoms with Crippen LogP contribution < -0.4 is 16.2 Å². The number of pyridine rings is 1. The molecule has 8 heteroatoms. The zero-order chi connectivity index (χ0) is 19.4. The Balaban J connectivity index is 1.98. The van der Waals surface area contributed by atoms with Crippen molar-refractivity contribution in [2.45, 2.75) is 6.42 Å². The third-order valence-corrected chi connectivity index (χ3v) is 3.80. The van der Waals surface area contributed by atoms with Crippen molar-refractivity contribution in [1.29, 1.82) is 0 Å². The predicted octanol–water partition coefficient (Wildman–Crippen LogP) is 3.69. The van der Waals surface area contributed by atoms with Gasteiger partial charge in [0.25, 0.3) is 0 Å². The Kier molecular flexibility index (Phi) is 5.07. The van der Waals surface area contributed by atoms with Crippen molar-refractivity contribution in [2.24, 2.45) is 10.9 Å². The molecule has 0 spiro atoms. The SMILES string of the molecule is NC(=O)Cc1ccc(-c2c(Oc3ccc(N=O)cc3F)ccnc2N)cc1. The van der Waals surface area contributed by atoms with E-state index in [-0.39, 0.29) is 29.4 Å². The van der Waals surface area contributed by atoms with Crippen molar-refractivity contribution >= 4 is 17.4 Å². The lowest BCUT2D eigenvalue weighted by Crippen LogP contribution is -2.13. The number of hydrogen-bond acceptors (Lipinski definition) is 6. The third kappa shape index (κ3) is 4.06. The molecule has 7 nitrogen and oxygen atoms in total. The van der Waals surface area contributed by atoms with Crippen LogP contribution in [-0.4, -0.2) is 10.9 Å². The van der Waals surface area contributed by atoms with Gasteiger partial charge in [0.2, 0.25) is 5.91 Å².